The monoisotopic (exact) mass is 375 g/mol. The Morgan fingerprint density at radius 1 is 1.27 bits per heavy atom. The Balaban J connectivity index is 1.93. The van der Waals surface area contributed by atoms with Crippen molar-refractivity contribution in [1.82, 2.24) is 20.3 Å². The Kier molecular flexibility index (Phi) is 6.91. The lowest BCUT2D eigenvalue weighted by Crippen LogP contribution is -2.56. The molecule has 0 spiro atoms. The molecule has 2 heterocycles. The zero-order valence-corrected chi connectivity index (χ0v) is 15.9. The minimum atomic E-state index is -4.19. The molecule has 1 atom stereocenters. The van der Waals surface area contributed by atoms with Crippen molar-refractivity contribution in [2.24, 2.45) is 4.99 Å². The molecule has 0 saturated carbocycles. The third-order valence-electron chi connectivity index (χ3n) is 4.77. The summed E-state index contributed by atoms with van der Waals surface area (Å²) >= 11 is 0. The molecule has 0 aromatic carbocycles. The van der Waals surface area contributed by atoms with E-state index >= 15 is 0 Å². The highest BCUT2D eigenvalue weighted by molar-refractivity contribution is 5.80. The number of aromatic nitrogens is 1. The highest BCUT2D eigenvalue weighted by Crippen LogP contribution is 2.25. The van der Waals surface area contributed by atoms with Crippen molar-refractivity contribution < 1.29 is 17.7 Å². The van der Waals surface area contributed by atoms with Gasteiger partial charge in [-0.15, -0.1) is 0 Å². The van der Waals surface area contributed by atoms with E-state index in [0.717, 1.165) is 29.4 Å². The second-order valence-electron chi connectivity index (χ2n) is 6.53. The second-order valence-corrected chi connectivity index (χ2v) is 6.53. The average Bonchev–Trinajstić information content (AvgIpc) is 2.91. The molecule has 9 heteroatoms. The fourth-order valence-electron chi connectivity index (χ4n) is 3.09. The molecule has 0 amide bonds. The summed E-state index contributed by atoms with van der Waals surface area (Å²) in [6.45, 7) is 10.1. The van der Waals surface area contributed by atoms with E-state index in [-0.39, 0.29) is 0 Å². The summed E-state index contributed by atoms with van der Waals surface area (Å²) in [5.41, 5.74) is 1.94. The molecule has 26 heavy (non-hydrogen) atoms. The van der Waals surface area contributed by atoms with E-state index in [9.17, 15) is 13.2 Å². The molecule has 1 N–H and O–H groups in total. The number of nitrogens with one attached hydrogen (secondary N) is 1. The van der Waals surface area contributed by atoms with E-state index in [1.165, 1.54) is 11.8 Å². The first-order valence-electron chi connectivity index (χ1n) is 8.99. The molecule has 1 aliphatic heterocycles. The van der Waals surface area contributed by atoms with E-state index in [0.29, 0.717) is 39.3 Å². The van der Waals surface area contributed by atoms with E-state index in [4.69, 9.17) is 4.52 Å². The SMILES string of the molecule is CCNC(=NCCc1c(C)noc1C)N1CCN(C(C)C(F)(F)F)CC1. The van der Waals surface area contributed by atoms with Crippen molar-refractivity contribution in [2.75, 3.05) is 39.3 Å². The van der Waals surface area contributed by atoms with E-state index in [2.05, 4.69) is 15.5 Å². The summed E-state index contributed by atoms with van der Waals surface area (Å²) in [6, 6.07) is -1.41. The van der Waals surface area contributed by atoms with Crippen LogP contribution >= 0.6 is 0 Å². The second kappa shape index (κ2) is 8.75. The van der Waals surface area contributed by atoms with Crippen LogP contribution in [0.1, 0.15) is 30.9 Å². The van der Waals surface area contributed by atoms with Gasteiger partial charge in [0.15, 0.2) is 5.96 Å². The minimum Gasteiger partial charge on any atom is -0.361 e. The molecular formula is C17H28F3N5O. The van der Waals surface area contributed by atoms with Crippen LogP contribution in [0.2, 0.25) is 0 Å². The van der Waals surface area contributed by atoms with Crippen LogP contribution in [0.3, 0.4) is 0 Å². The number of hydrogen-bond acceptors (Lipinski definition) is 4. The number of nitrogens with zero attached hydrogens (tertiary/aromatic N) is 4. The van der Waals surface area contributed by atoms with Gasteiger partial charge in [-0.05, 0) is 34.1 Å². The van der Waals surface area contributed by atoms with Gasteiger partial charge in [0.25, 0.3) is 0 Å². The maximum absolute atomic E-state index is 12.9. The lowest BCUT2D eigenvalue weighted by Gasteiger charge is -2.39. The van der Waals surface area contributed by atoms with Crippen LogP contribution in [0.5, 0.6) is 0 Å². The van der Waals surface area contributed by atoms with Gasteiger partial charge in [0.05, 0.1) is 5.69 Å². The van der Waals surface area contributed by atoms with Gasteiger partial charge in [-0.25, -0.2) is 0 Å². The maximum atomic E-state index is 12.9. The standard InChI is InChI=1S/C17H28F3N5O/c1-5-21-16(22-7-6-15-12(2)23-26-13(15)3)25-10-8-24(9-11-25)14(4)17(18,19)20/h14H,5-11H2,1-4H3,(H,21,22). The lowest BCUT2D eigenvalue weighted by atomic mass is 10.1. The Hall–Kier alpha value is -1.77. The van der Waals surface area contributed by atoms with Gasteiger partial charge in [-0.1, -0.05) is 5.16 Å². The Morgan fingerprint density at radius 2 is 1.92 bits per heavy atom. The third-order valence-corrected chi connectivity index (χ3v) is 4.77. The van der Waals surface area contributed by atoms with Crippen LogP contribution in [-0.2, 0) is 6.42 Å². The molecule has 1 saturated heterocycles. The largest absolute Gasteiger partial charge is 0.403 e. The molecule has 2 rings (SSSR count). The Labute approximate surface area is 152 Å². The van der Waals surface area contributed by atoms with Gasteiger partial charge in [-0.2, -0.15) is 13.2 Å². The lowest BCUT2D eigenvalue weighted by molar-refractivity contribution is -0.181. The molecule has 1 aliphatic rings. The number of aryl methyl sites for hydroxylation is 2. The average molecular weight is 375 g/mol. The third kappa shape index (κ3) is 5.12. The van der Waals surface area contributed by atoms with Gasteiger partial charge < -0.3 is 14.7 Å². The van der Waals surface area contributed by atoms with Gasteiger partial charge in [0.2, 0.25) is 0 Å². The van der Waals surface area contributed by atoms with E-state index in [1.807, 2.05) is 25.7 Å². The number of aliphatic imine (C=N–C) groups is 1. The van der Waals surface area contributed by atoms with Gasteiger partial charge in [0.1, 0.15) is 11.8 Å². The number of piperazine rings is 1. The first kappa shape index (κ1) is 20.5. The summed E-state index contributed by atoms with van der Waals surface area (Å²) in [7, 11) is 0. The summed E-state index contributed by atoms with van der Waals surface area (Å²) in [4.78, 5) is 8.13. The number of halogens is 3. The number of hydrogen-bond donors (Lipinski definition) is 1. The molecule has 0 bridgehead atoms. The van der Waals surface area contributed by atoms with Crippen molar-refractivity contribution >= 4 is 5.96 Å². The summed E-state index contributed by atoms with van der Waals surface area (Å²) in [5, 5.41) is 7.17. The zero-order chi connectivity index (χ0) is 19.3. The minimum absolute atomic E-state index is 0.370. The predicted octanol–water partition coefficient (Wildman–Crippen LogP) is 2.37. The van der Waals surface area contributed by atoms with Crippen LogP contribution in [0.15, 0.2) is 9.52 Å². The molecule has 1 aromatic rings. The van der Waals surface area contributed by atoms with Crippen molar-refractivity contribution in [1.29, 1.82) is 0 Å². The number of guanidine groups is 1. The van der Waals surface area contributed by atoms with Crippen LogP contribution in [0.25, 0.3) is 0 Å². The molecule has 1 unspecified atom stereocenters. The maximum Gasteiger partial charge on any atom is 0.403 e. The van der Waals surface area contributed by atoms with Crippen molar-refractivity contribution in [3.05, 3.63) is 17.0 Å². The molecule has 1 fully saturated rings. The van der Waals surface area contributed by atoms with Gasteiger partial charge >= 0.3 is 6.18 Å². The molecular weight excluding hydrogens is 347 g/mol. The zero-order valence-electron chi connectivity index (χ0n) is 15.9. The summed E-state index contributed by atoms with van der Waals surface area (Å²) in [6.07, 6.45) is -3.46. The summed E-state index contributed by atoms with van der Waals surface area (Å²) in [5.74, 6) is 1.55. The molecule has 0 aliphatic carbocycles. The highest BCUT2D eigenvalue weighted by Gasteiger charge is 2.41. The summed E-state index contributed by atoms with van der Waals surface area (Å²) < 4.78 is 43.8. The first-order chi connectivity index (χ1) is 12.2. The Morgan fingerprint density at radius 3 is 2.42 bits per heavy atom. The Bertz CT molecular complexity index is 587. The van der Waals surface area contributed by atoms with Gasteiger partial charge in [0, 0.05) is 44.8 Å². The molecule has 1 aromatic heterocycles. The van der Waals surface area contributed by atoms with E-state index < -0.39 is 12.2 Å². The number of rotatable bonds is 5. The first-order valence-corrected chi connectivity index (χ1v) is 8.99. The highest BCUT2D eigenvalue weighted by atomic mass is 19.4. The van der Waals surface area contributed by atoms with Crippen molar-refractivity contribution in [3.8, 4) is 0 Å². The van der Waals surface area contributed by atoms with Crippen LogP contribution < -0.4 is 5.32 Å². The van der Waals surface area contributed by atoms with Gasteiger partial charge in [-0.3, -0.25) is 9.89 Å². The van der Waals surface area contributed by atoms with Crippen molar-refractivity contribution in [3.63, 3.8) is 0 Å². The van der Waals surface area contributed by atoms with Crippen LogP contribution in [0, 0.1) is 13.8 Å². The number of alkyl halides is 3. The normalized spacial score (nSPS) is 18.3. The van der Waals surface area contributed by atoms with Crippen LogP contribution in [0.4, 0.5) is 13.2 Å². The fourth-order valence-corrected chi connectivity index (χ4v) is 3.09. The molecule has 6 nitrogen and oxygen atoms in total. The van der Waals surface area contributed by atoms with Crippen LogP contribution in [-0.4, -0.2) is 72.4 Å². The fraction of sp³-hybridized carbons (Fsp3) is 0.765. The quantitative estimate of drug-likeness (QED) is 0.633. The topological polar surface area (TPSA) is 56.9 Å². The predicted molar refractivity (Wildman–Crippen MR) is 94.3 cm³/mol. The molecule has 148 valence electrons. The molecule has 0 radical (unpaired) electrons. The van der Waals surface area contributed by atoms with Crippen molar-refractivity contribution in [2.45, 2.75) is 46.3 Å². The van der Waals surface area contributed by atoms with E-state index in [1.54, 1.807) is 0 Å². The smallest absolute Gasteiger partial charge is 0.361 e.